The van der Waals surface area contributed by atoms with Crippen LogP contribution in [-0.4, -0.2) is 47.7 Å². The van der Waals surface area contributed by atoms with Crippen molar-refractivity contribution in [1.29, 1.82) is 0 Å². The zero-order chi connectivity index (χ0) is 23.5. The minimum atomic E-state index is -0.720. The van der Waals surface area contributed by atoms with Crippen molar-refractivity contribution in [3.8, 4) is 5.75 Å². The van der Waals surface area contributed by atoms with E-state index < -0.39 is 11.0 Å². The van der Waals surface area contributed by atoms with Gasteiger partial charge in [-0.25, -0.2) is 0 Å². The Morgan fingerprint density at radius 3 is 2.85 bits per heavy atom. The summed E-state index contributed by atoms with van der Waals surface area (Å²) in [6.07, 6.45) is 4.73. The Morgan fingerprint density at radius 1 is 1.30 bits per heavy atom. The summed E-state index contributed by atoms with van der Waals surface area (Å²) < 4.78 is 5.89. The molecular formula is C24H34N4O4S. The van der Waals surface area contributed by atoms with Crippen molar-refractivity contribution in [2.45, 2.75) is 45.3 Å². The fraction of sp³-hybridized carbons (Fsp3) is 0.500. The molecule has 0 aliphatic carbocycles. The first-order chi connectivity index (χ1) is 16.0. The fourth-order valence-corrected chi connectivity index (χ4v) is 4.79. The van der Waals surface area contributed by atoms with Crippen molar-refractivity contribution < 1.29 is 14.8 Å². The number of piperidine rings is 1. The molecule has 2 heterocycles. The molecule has 1 atom stereocenters. The van der Waals surface area contributed by atoms with Crippen LogP contribution in [0.1, 0.15) is 47.8 Å². The van der Waals surface area contributed by atoms with Crippen LogP contribution in [0.15, 0.2) is 47.7 Å². The highest BCUT2D eigenvalue weighted by atomic mass is 32.1. The number of likely N-dealkylation sites (tertiary alicyclic amines) is 1. The molecule has 0 amide bonds. The molecule has 180 valence electrons. The second kappa shape index (κ2) is 13.2. The average molecular weight is 475 g/mol. The lowest BCUT2D eigenvalue weighted by Crippen LogP contribution is -2.31. The molecule has 1 aliphatic heterocycles. The Morgan fingerprint density at radius 2 is 2.12 bits per heavy atom. The lowest BCUT2D eigenvalue weighted by atomic mass is 10.1. The van der Waals surface area contributed by atoms with Crippen LogP contribution < -0.4 is 15.4 Å². The van der Waals surface area contributed by atoms with Gasteiger partial charge in [-0.2, -0.15) is 0 Å². The van der Waals surface area contributed by atoms with E-state index in [1.165, 1.54) is 36.2 Å². The van der Waals surface area contributed by atoms with Gasteiger partial charge in [0, 0.05) is 24.5 Å². The third-order valence-corrected chi connectivity index (χ3v) is 6.70. The number of benzene rings is 1. The average Bonchev–Trinajstić information content (AvgIpc) is 3.23. The molecule has 3 N–H and O–H groups in total. The summed E-state index contributed by atoms with van der Waals surface area (Å²) in [4.78, 5) is 13.8. The van der Waals surface area contributed by atoms with Gasteiger partial charge in [-0.15, -0.1) is 11.3 Å². The largest absolute Gasteiger partial charge is 0.494 e. The first-order valence-corrected chi connectivity index (χ1v) is 12.4. The van der Waals surface area contributed by atoms with Gasteiger partial charge < -0.3 is 20.5 Å². The summed E-state index contributed by atoms with van der Waals surface area (Å²) in [5.41, 5.74) is 2.27. The van der Waals surface area contributed by atoms with Gasteiger partial charge in [0.05, 0.1) is 11.5 Å². The SMILES string of the molecule is Cc1ccsc1C(O)CNC(=C[N+](=O)[O-])NCCCOc1cccc(CN2CCCCC2)c1. The number of nitro groups is 1. The normalized spacial score (nSPS) is 15.8. The van der Waals surface area contributed by atoms with Crippen molar-refractivity contribution in [2.24, 2.45) is 0 Å². The van der Waals surface area contributed by atoms with E-state index >= 15 is 0 Å². The zero-order valence-corrected chi connectivity index (χ0v) is 20.0. The van der Waals surface area contributed by atoms with Crippen LogP contribution in [0.3, 0.4) is 0 Å². The van der Waals surface area contributed by atoms with Crippen LogP contribution in [0.4, 0.5) is 0 Å². The third kappa shape index (κ3) is 8.68. The van der Waals surface area contributed by atoms with E-state index in [1.807, 2.05) is 30.5 Å². The van der Waals surface area contributed by atoms with E-state index in [1.54, 1.807) is 0 Å². The highest BCUT2D eigenvalue weighted by molar-refractivity contribution is 7.10. The number of rotatable bonds is 13. The molecule has 3 rings (SSSR count). The number of nitrogens with one attached hydrogen (secondary N) is 2. The number of aryl methyl sites for hydroxylation is 1. The van der Waals surface area contributed by atoms with Gasteiger partial charge in [-0.3, -0.25) is 15.0 Å². The van der Waals surface area contributed by atoms with Crippen LogP contribution in [0.5, 0.6) is 5.75 Å². The number of aliphatic hydroxyl groups is 1. The maximum absolute atomic E-state index is 10.9. The lowest BCUT2D eigenvalue weighted by molar-refractivity contribution is -0.404. The van der Waals surface area contributed by atoms with Crippen LogP contribution in [0.25, 0.3) is 0 Å². The first kappa shape index (κ1) is 25.0. The van der Waals surface area contributed by atoms with Gasteiger partial charge in [0.15, 0.2) is 5.82 Å². The minimum absolute atomic E-state index is 0.189. The summed E-state index contributed by atoms with van der Waals surface area (Å²) in [7, 11) is 0. The van der Waals surface area contributed by atoms with Crippen molar-refractivity contribution >= 4 is 11.3 Å². The van der Waals surface area contributed by atoms with E-state index in [2.05, 4.69) is 27.7 Å². The Bertz CT molecular complexity index is 911. The van der Waals surface area contributed by atoms with E-state index in [-0.39, 0.29) is 12.4 Å². The molecule has 0 spiro atoms. The topological polar surface area (TPSA) is 99.9 Å². The van der Waals surface area contributed by atoms with Crippen LogP contribution in [-0.2, 0) is 6.54 Å². The van der Waals surface area contributed by atoms with Gasteiger partial charge in [-0.1, -0.05) is 18.6 Å². The van der Waals surface area contributed by atoms with E-state index in [4.69, 9.17) is 4.74 Å². The molecule has 1 saturated heterocycles. The molecule has 1 unspecified atom stereocenters. The number of nitrogens with zero attached hydrogens (tertiary/aromatic N) is 2. The number of ether oxygens (including phenoxy) is 1. The Kier molecular flexibility index (Phi) is 9.99. The van der Waals surface area contributed by atoms with Crippen molar-refractivity contribution in [2.75, 3.05) is 32.8 Å². The molecule has 33 heavy (non-hydrogen) atoms. The molecule has 0 radical (unpaired) electrons. The van der Waals surface area contributed by atoms with E-state index in [0.717, 1.165) is 42.0 Å². The van der Waals surface area contributed by atoms with Gasteiger partial charge in [0.1, 0.15) is 11.9 Å². The Labute approximate surface area is 199 Å². The number of hydrogen-bond acceptors (Lipinski definition) is 8. The molecule has 2 aromatic rings. The van der Waals surface area contributed by atoms with Crippen molar-refractivity contribution in [3.05, 3.63) is 73.9 Å². The maximum atomic E-state index is 10.9. The number of aliphatic hydroxyl groups excluding tert-OH is 1. The van der Waals surface area contributed by atoms with Gasteiger partial charge in [0.25, 0.3) is 6.20 Å². The monoisotopic (exact) mass is 474 g/mol. The highest BCUT2D eigenvalue weighted by Crippen LogP contribution is 2.23. The van der Waals surface area contributed by atoms with Crippen LogP contribution in [0.2, 0.25) is 0 Å². The standard InChI is InChI=1S/C24H34N4O4S/c1-19-9-14-33-24(19)22(29)16-26-23(18-28(30)31)25-10-6-13-32-21-8-5-7-20(15-21)17-27-11-3-2-4-12-27/h5,7-9,14-15,18,22,25-26,29H,2-4,6,10-13,16-17H2,1H3. The number of hydrogen-bond donors (Lipinski definition) is 3. The maximum Gasteiger partial charge on any atom is 0.274 e. The third-order valence-electron chi connectivity index (χ3n) is 5.58. The van der Waals surface area contributed by atoms with Gasteiger partial charge >= 0.3 is 0 Å². The summed E-state index contributed by atoms with van der Waals surface area (Å²) in [6, 6.07) is 10.2. The first-order valence-electron chi connectivity index (χ1n) is 11.5. The fourth-order valence-electron chi connectivity index (χ4n) is 3.88. The molecule has 0 bridgehead atoms. The van der Waals surface area contributed by atoms with Crippen LogP contribution >= 0.6 is 11.3 Å². The molecule has 1 aromatic heterocycles. The molecule has 0 saturated carbocycles. The van der Waals surface area contributed by atoms with Crippen molar-refractivity contribution in [1.82, 2.24) is 15.5 Å². The molecular weight excluding hydrogens is 440 g/mol. The van der Waals surface area contributed by atoms with Gasteiger partial charge in [0.2, 0.25) is 0 Å². The molecule has 8 nitrogen and oxygen atoms in total. The zero-order valence-electron chi connectivity index (χ0n) is 19.2. The van der Waals surface area contributed by atoms with Gasteiger partial charge in [-0.05, 0) is 74.0 Å². The number of thiophene rings is 1. The van der Waals surface area contributed by atoms with Crippen molar-refractivity contribution in [3.63, 3.8) is 0 Å². The highest BCUT2D eigenvalue weighted by Gasteiger charge is 2.13. The lowest BCUT2D eigenvalue weighted by Gasteiger charge is -2.26. The second-order valence-electron chi connectivity index (χ2n) is 8.31. The van der Waals surface area contributed by atoms with E-state index in [9.17, 15) is 15.2 Å². The van der Waals surface area contributed by atoms with E-state index in [0.29, 0.717) is 19.6 Å². The Hall–Kier alpha value is -2.62. The second-order valence-corrected chi connectivity index (χ2v) is 9.25. The summed E-state index contributed by atoms with van der Waals surface area (Å²) in [5, 5.41) is 29.2. The smallest absolute Gasteiger partial charge is 0.274 e. The minimum Gasteiger partial charge on any atom is -0.494 e. The molecule has 9 heteroatoms. The Balaban J connectivity index is 1.39. The summed E-state index contributed by atoms with van der Waals surface area (Å²) in [5.74, 6) is 1.12. The van der Waals surface area contributed by atoms with Crippen LogP contribution in [0, 0.1) is 17.0 Å². The summed E-state index contributed by atoms with van der Waals surface area (Å²) in [6.45, 7) is 6.41. The summed E-state index contributed by atoms with van der Waals surface area (Å²) >= 11 is 1.47. The predicted molar refractivity (Wildman–Crippen MR) is 131 cm³/mol. The quantitative estimate of drug-likeness (QED) is 0.231. The molecule has 1 aliphatic rings. The molecule has 1 aromatic carbocycles. The predicted octanol–water partition coefficient (Wildman–Crippen LogP) is 3.80. The molecule has 1 fully saturated rings.